The summed E-state index contributed by atoms with van der Waals surface area (Å²) in [6, 6.07) is 2.59. The number of hydrogen-bond donors (Lipinski definition) is 1. The number of anilines is 2. The number of nitrogens with one attached hydrogen (secondary N) is 1. The van der Waals surface area contributed by atoms with Gasteiger partial charge in [0, 0.05) is 0 Å². The van der Waals surface area contributed by atoms with Crippen LogP contribution in [0.15, 0.2) is 18.3 Å². The fourth-order valence-corrected chi connectivity index (χ4v) is 4.43. The number of alkyl halides is 2. The van der Waals surface area contributed by atoms with Crippen LogP contribution in [0.4, 0.5) is 20.4 Å². The molecule has 1 fully saturated rings. The number of carbonyl (C=O) groups excluding carboxylic acids is 1. The van der Waals surface area contributed by atoms with Gasteiger partial charge in [0.15, 0.2) is 0 Å². The zero-order valence-corrected chi connectivity index (χ0v) is 18.7. The molecular formula is C19H23F2IN5O2-. The molecule has 0 unspecified atom stereocenters. The first kappa shape index (κ1) is 21.6. The van der Waals surface area contributed by atoms with Crippen molar-refractivity contribution in [1.29, 1.82) is 0 Å². The maximum absolute atomic E-state index is 14.8. The Hall–Kier alpha value is -2.08. The molecule has 1 N–H and O–H groups in total. The molecule has 0 saturated carbocycles. The first-order valence-corrected chi connectivity index (χ1v) is 12.2. The molecule has 3 rings (SSSR count). The second-order valence-electron chi connectivity index (χ2n) is 6.59. The Kier molecular flexibility index (Phi) is 7.17. The Morgan fingerprint density at radius 2 is 2.03 bits per heavy atom. The first-order chi connectivity index (χ1) is 14.0. The molecule has 0 radical (unpaired) electrons. The van der Waals surface area contributed by atoms with Gasteiger partial charge < -0.3 is 4.90 Å². The van der Waals surface area contributed by atoms with E-state index in [1.54, 1.807) is 4.90 Å². The molecule has 1 aromatic carbocycles. The van der Waals surface area contributed by atoms with Gasteiger partial charge in [-0.15, -0.1) is 0 Å². The molecular weight excluding hydrogens is 495 g/mol. The van der Waals surface area contributed by atoms with Gasteiger partial charge in [0.2, 0.25) is 0 Å². The first-order valence-electron chi connectivity index (χ1n) is 9.00. The molecule has 2 aromatic rings. The number of hydrogen-bond acceptors (Lipinski definition) is 6. The molecule has 0 aliphatic carbocycles. The van der Waals surface area contributed by atoms with Crippen molar-refractivity contribution in [3.63, 3.8) is 0 Å². The summed E-state index contributed by atoms with van der Waals surface area (Å²) in [6.45, 7) is 1.98. The summed E-state index contributed by atoms with van der Waals surface area (Å²) in [5, 5.41) is 2.92. The van der Waals surface area contributed by atoms with E-state index >= 15 is 0 Å². The van der Waals surface area contributed by atoms with Gasteiger partial charge in [-0.1, -0.05) is 0 Å². The average molecular weight is 518 g/mol. The number of amides is 1. The maximum atomic E-state index is 14.8. The second-order valence-corrected chi connectivity index (χ2v) is 8.69. The molecule has 0 spiro atoms. The Morgan fingerprint density at radius 1 is 1.31 bits per heavy atom. The van der Waals surface area contributed by atoms with Crippen LogP contribution in [0.5, 0.6) is 5.75 Å². The van der Waals surface area contributed by atoms with Gasteiger partial charge in [0.05, 0.1) is 0 Å². The number of ether oxygens (including phenoxy) is 1. The number of methoxy groups -OCH3 is 1. The Labute approximate surface area is 178 Å². The van der Waals surface area contributed by atoms with E-state index in [0.717, 1.165) is 13.1 Å². The van der Waals surface area contributed by atoms with Crippen LogP contribution in [-0.4, -0.2) is 70.9 Å². The van der Waals surface area contributed by atoms with E-state index in [-0.39, 0.29) is 17.4 Å². The van der Waals surface area contributed by atoms with Crippen molar-refractivity contribution in [2.24, 2.45) is 0 Å². The number of halogens is 3. The number of aromatic nitrogens is 2. The summed E-state index contributed by atoms with van der Waals surface area (Å²) in [4.78, 5) is 26.9. The summed E-state index contributed by atoms with van der Waals surface area (Å²) in [6.07, 6.45) is 1.43. The molecule has 10 heteroatoms. The van der Waals surface area contributed by atoms with Crippen molar-refractivity contribution in [3.8, 4) is 5.75 Å². The van der Waals surface area contributed by atoms with Gasteiger partial charge in [-0.3, -0.25) is 0 Å². The van der Waals surface area contributed by atoms with Gasteiger partial charge >= 0.3 is 167 Å². The topological polar surface area (TPSA) is 70.6 Å². The number of rotatable bonds is 6. The third-order valence-corrected chi connectivity index (χ3v) is 6.65. The van der Waals surface area contributed by atoms with Crippen LogP contribution in [-0.2, 0) is 6.67 Å². The van der Waals surface area contributed by atoms with Crippen LogP contribution in [0.1, 0.15) is 15.9 Å². The summed E-state index contributed by atoms with van der Waals surface area (Å²) in [7, 11) is 3.43. The Morgan fingerprint density at radius 3 is 2.66 bits per heavy atom. The van der Waals surface area contributed by atoms with Crippen LogP contribution >= 0.6 is 0 Å². The molecule has 1 aliphatic heterocycles. The van der Waals surface area contributed by atoms with Crippen molar-refractivity contribution >= 4 is 17.5 Å². The van der Waals surface area contributed by atoms with E-state index in [2.05, 4.69) is 20.2 Å². The molecule has 158 valence electrons. The third kappa shape index (κ3) is 4.92. The van der Waals surface area contributed by atoms with Gasteiger partial charge in [0.1, 0.15) is 0 Å². The number of likely N-dealkylation sites (N-methyl/N-ethyl adjacent to an activating group) is 1. The van der Waals surface area contributed by atoms with E-state index in [9.17, 15) is 13.6 Å². The molecule has 0 atom stereocenters. The average Bonchev–Trinajstić information content (AvgIpc) is 2.74. The molecule has 0 bridgehead atoms. The molecule has 7 nitrogen and oxygen atoms in total. The van der Waals surface area contributed by atoms with Crippen molar-refractivity contribution in [3.05, 3.63) is 39.0 Å². The number of benzene rings is 1. The number of nitrogens with zero attached hydrogens (tertiary/aromatic N) is 4. The Balaban J connectivity index is 1.86. The monoisotopic (exact) mass is 518 g/mol. The fourth-order valence-electron chi connectivity index (χ4n) is 2.98. The van der Waals surface area contributed by atoms with Gasteiger partial charge in [-0.25, -0.2) is 0 Å². The SMILES string of the molecule is COc1cc(C(=O)N2CCN(C)CC2)c(F)cc1Nc1ncc(CF)c([I-]C)n1. The molecule has 2 heterocycles. The third-order valence-electron chi connectivity index (χ3n) is 4.69. The zero-order valence-electron chi connectivity index (χ0n) is 16.5. The summed E-state index contributed by atoms with van der Waals surface area (Å²) < 4.78 is 33.8. The van der Waals surface area contributed by atoms with E-state index < -0.39 is 33.7 Å². The minimum absolute atomic E-state index is 0.0363. The molecule has 1 saturated heterocycles. The van der Waals surface area contributed by atoms with E-state index in [1.165, 1.54) is 25.4 Å². The van der Waals surface area contributed by atoms with Crippen LogP contribution < -0.4 is 31.3 Å². The van der Waals surface area contributed by atoms with Crippen LogP contribution in [0.2, 0.25) is 0 Å². The zero-order chi connectivity index (χ0) is 21.0. The summed E-state index contributed by atoms with van der Waals surface area (Å²) >= 11 is -0.445. The molecule has 1 aromatic heterocycles. The predicted octanol–water partition coefficient (Wildman–Crippen LogP) is -0.887. The van der Waals surface area contributed by atoms with E-state index in [0.29, 0.717) is 33.8 Å². The van der Waals surface area contributed by atoms with Gasteiger partial charge in [-0.05, 0) is 7.05 Å². The molecule has 1 aliphatic rings. The summed E-state index contributed by atoms with van der Waals surface area (Å²) in [5.74, 6) is -0.479. The molecule has 29 heavy (non-hydrogen) atoms. The number of piperazine rings is 1. The number of carbonyl (C=O) groups is 1. The standard InChI is InChI=1S/C19H23F2IN5O2/c1-22-17-12(10-20)11-23-19(25-17)24-15-9-14(21)13(8-16(15)29-3)18(28)27-6-4-26(2)5-7-27/h8-9,11H,4-7,10H2,1-3H3,(H,23,24,25)/q-1. The second kappa shape index (κ2) is 9.61. The van der Waals surface area contributed by atoms with Crippen molar-refractivity contribution in [2.75, 3.05) is 50.6 Å². The normalized spacial score (nSPS) is 14.9. The minimum atomic E-state index is -0.652. The van der Waals surface area contributed by atoms with Gasteiger partial charge in [0.25, 0.3) is 0 Å². The Bertz CT molecular complexity index is 891. The van der Waals surface area contributed by atoms with Crippen molar-refractivity contribution < 1.29 is 39.5 Å². The van der Waals surface area contributed by atoms with Crippen molar-refractivity contribution in [1.82, 2.24) is 19.8 Å². The predicted molar refractivity (Wildman–Crippen MR) is 101 cm³/mol. The van der Waals surface area contributed by atoms with Crippen LogP contribution in [0, 0.1) is 9.52 Å². The molecule has 1 amide bonds. The van der Waals surface area contributed by atoms with E-state index in [4.69, 9.17) is 4.74 Å². The van der Waals surface area contributed by atoms with E-state index in [1.807, 2.05) is 12.0 Å². The van der Waals surface area contributed by atoms with Crippen LogP contribution in [0.25, 0.3) is 0 Å². The van der Waals surface area contributed by atoms with Crippen LogP contribution in [0.3, 0.4) is 0 Å². The van der Waals surface area contributed by atoms with Gasteiger partial charge in [-0.2, -0.15) is 0 Å². The van der Waals surface area contributed by atoms with Crippen molar-refractivity contribution in [2.45, 2.75) is 6.67 Å². The summed E-state index contributed by atoms with van der Waals surface area (Å²) in [5.41, 5.74) is 0.732. The quantitative estimate of drug-likeness (QED) is 0.304. The fraction of sp³-hybridized carbons (Fsp3) is 0.421.